The molecule has 1 aromatic rings. The quantitative estimate of drug-likeness (QED) is 0.863. The van der Waals surface area contributed by atoms with Crippen LogP contribution in [0.2, 0.25) is 0 Å². The van der Waals surface area contributed by atoms with Crippen molar-refractivity contribution in [3.8, 4) is 0 Å². The van der Waals surface area contributed by atoms with Gasteiger partial charge in [0.1, 0.15) is 11.1 Å². The lowest BCUT2D eigenvalue weighted by atomic mass is 10.3. The molecule has 2 aliphatic rings. The van der Waals surface area contributed by atoms with E-state index in [1.807, 2.05) is 0 Å². The minimum Gasteiger partial charge on any atom is -0.378 e. The topological polar surface area (TPSA) is 46.6 Å². The molecule has 1 atom stereocenters. The van der Waals surface area contributed by atoms with Crippen molar-refractivity contribution in [3.05, 3.63) is 15.6 Å². The molecule has 112 valence electrons. The van der Waals surface area contributed by atoms with Crippen molar-refractivity contribution in [1.82, 2.24) is 15.2 Å². The maximum atomic E-state index is 5.86. The number of ether oxygens (including phenoxy) is 2. The molecular formula is C14H23N3O2S. The first-order valence-electron chi connectivity index (χ1n) is 7.27. The van der Waals surface area contributed by atoms with Crippen LogP contribution in [0.1, 0.15) is 34.5 Å². The van der Waals surface area contributed by atoms with E-state index in [-0.39, 0.29) is 6.10 Å². The largest absolute Gasteiger partial charge is 0.378 e. The molecule has 2 heterocycles. The normalized spacial score (nSPS) is 24.2. The van der Waals surface area contributed by atoms with Gasteiger partial charge in [0.15, 0.2) is 0 Å². The lowest BCUT2D eigenvalue weighted by Gasteiger charge is -2.28. The third-order valence-electron chi connectivity index (χ3n) is 3.75. The van der Waals surface area contributed by atoms with Crippen LogP contribution in [0.4, 0.5) is 0 Å². The molecule has 5 nitrogen and oxygen atoms in total. The van der Waals surface area contributed by atoms with Crippen molar-refractivity contribution in [2.24, 2.45) is 0 Å². The van der Waals surface area contributed by atoms with E-state index in [2.05, 4.69) is 17.3 Å². The average Bonchev–Trinajstić information content (AvgIpc) is 3.18. The summed E-state index contributed by atoms with van der Waals surface area (Å²) in [6.07, 6.45) is 2.73. The lowest BCUT2D eigenvalue weighted by molar-refractivity contribution is -0.0211. The third kappa shape index (κ3) is 3.56. The fraction of sp³-hybridized carbons (Fsp3) is 0.786. The van der Waals surface area contributed by atoms with E-state index < -0.39 is 0 Å². The molecule has 20 heavy (non-hydrogen) atoms. The fourth-order valence-electron chi connectivity index (χ4n) is 2.38. The lowest BCUT2D eigenvalue weighted by Crippen LogP contribution is -2.35. The van der Waals surface area contributed by atoms with Gasteiger partial charge in [-0.3, -0.25) is 0 Å². The maximum Gasteiger partial charge on any atom is 0.124 e. The van der Waals surface area contributed by atoms with Gasteiger partial charge in [0.2, 0.25) is 0 Å². The highest BCUT2D eigenvalue weighted by Crippen LogP contribution is 2.29. The monoisotopic (exact) mass is 297 g/mol. The molecule has 0 spiro atoms. The zero-order valence-corrected chi connectivity index (χ0v) is 13.0. The maximum absolute atomic E-state index is 5.86. The summed E-state index contributed by atoms with van der Waals surface area (Å²) in [5.41, 5.74) is 1.07. The first-order chi connectivity index (χ1) is 9.76. The van der Waals surface area contributed by atoms with Crippen molar-refractivity contribution in [1.29, 1.82) is 0 Å². The predicted molar refractivity (Wildman–Crippen MR) is 78.9 cm³/mol. The van der Waals surface area contributed by atoms with Gasteiger partial charge in [-0.2, -0.15) is 0 Å². The molecule has 2 fully saturated rings. The molecule has 0 aromatic carbocycles. The first-order valence-corrected chi connectivity index (χ1v) is 8.09. The van der Waals surface area contributed by atoms with Gasteiger partial charge < -0.3 is 19.7 Å². The van der Waals surface area contributed by atoms with Crippen molar-refractivity contribution in [3.63, 3.8) is 0 Å². The molecule has 1 aromatic heterocycles. The summed E-state index contributed by atoms with van der Waals surface area (Å²) in [5, 5.41) is 4.65. The summed E-state index contributed by atoms with van der Waals surface area (Å²) in [6, 6.07) is 0.716. The molecule has 1 unspecified atom stereocenters. The number of rotatable bonds is 6. The highest BCUT2D eigenvalue weighted by atomic mass is 32.1. The number of likely N-dealkylation sites (N-methyl/N-ethyl adjacent to an activating group) is 1. The van der Waals surface area contributed by atoms with Crippen LogP contribution in [0.5, 0.6) is 0 Å². The molecule has 0 bridgehead atoms. The van der Waals surface area contributed by atoms with Crippen LogP contribution in [0.3, 0.4) is 0 Å². The molecule has 1 N–H and O–H groups in total. The Morgan fingerprint density at radius 2 is 2.35 bits per heavy atom. The molecular weight excluding hydrogens is 274 g/mol. The SMILES string of the molecule is COCc1nc(C2CN(C)CCO2)sc1CNC1CC1. The van der Waals surface area contributed by atoms with Gasteiger partial charge >= 0.3 is 0 Å². The second-order valence-electron chi connectivity index (χ2n) is 5.63. The Bertz CT molecular complexity index is 448. The Labute approximate surface area is 124 Å². The van der Waals surface area contributed by atoms with Gasteiger partial charge in [-0.15, -0.1) is 11.3 Å². The summed E-state index contributed by atoms with van der Waals surface area (Å²) in [5.74, 6) is 0. The molecule has 0 amide bonds. The molecule has 3 rings (SSSR count). The molecule has 1 saturated heterocycles. The van der Waals surface area contributed by atoms with Gasteiger partial charge in [-0.05, 0) is 19.9 Å². The van der Waals surface area contributed by atoms with Crippen LogP contribution >= 0.6 is 11.3 Å². The first kappa shape index (κ1) is 14.4. The second kappa shape index (κ2) is 6.49. The minimum atomic E-state index is 0.115. The fourth-order valence-corrected chi connectivity index (χ4v) is 3.44. The third-order valence-corrected chi connectivity index (χ3v) is 4.94. The van der Waals surface area contributed by atoms with E-state index >= 15 is 0 Å². The predicted octanol–water partition coefficient (Wildman–Crippen LogP) is 1.54. The van der Waals surface area contributed by atoms with Gasteiger partial charge in [0.25, 0.3) is 0 Å². The molecule has 1 saturated carbocycles. The highest BCUT2D eigenvalue weighted by molar-refractivity contribution is 7.11. The standard InChI is InChI=1S/C14H23N3O2S/c1-17-5-6-19-12(8-17)14-16-11(9-18-2)13(20-14)7-15-10-3-4-10/h10,12,15H,3-9H2,1-2H3. The Morgan fingerprint density at radius 1 is 1.50 bits per heavy atom. The van der Waals surface area contributed by atoms with Crippen LogP contribution in [-0.2, 0) is 22.6 Å². The number of thiazole rings is 1. The minimum absolute atomic E-state index is 0.115. The molecule has 1 aliphatic carbocycles. The molecule has 1 aliphatic heterocycles. The van der Waals surface area contributed by atoms with Crippen molar-refractivity contribution >= 4 is 11.3 Å². The Balaban J connectivity index is 1.70. The van der Waals surface area contributed by atoms with Crippen molar-refractivity contribution in [2.75, 3.05) is 33.9 Å². The summed E-state index contributed by atoms with van der Waals surface area (Å²) >= 11 is 1.77. The van der Waals surface area contributed by atoms with Crippen molar-refractivity contribution < 1.29 is 9.47 Å². The molecule has 0 radical (unpaired) electrons. The summed E-state index contributed by atoms with van der Waals surface area (Å²) in [4.78, 5) is 8.35. The zero-order valence-electron chi connectivity index (χ0n) is 12.2. The molecule has 6 heteroatoms. The van der Waals surface area contributed by atoms with Crippen LogP contribution in [0, 0.1) is 0 Å². The van der Waals surface area contributed by atoms with Gasteiger partial charge in [0, 0.05) is 37.7 Å². The van der Waals surface area contributed by atoms with Crippen LogP contribution in [0.15, 0.2) is 0 Å². The summed E-state index contributed by atoms with van der Waals surface area (Å²) in [7, 11) is 3.86. The van der Waals surface area contributed by atoms with E-state index in [0.29, 0.717) is 12.6 Å². The van der Waals surface area contributed by atoms with Gasteiger partial charge in [0.05, 0.1) is 18.9 Å². The van der Waals surface area contributed by atoms with Gasteiger partial charge in [-0.1, -0.05) is 0 Å². The number of nitrogens with one attached hydrogen (secondary N) is 1. The van der Waals surface area contributed by atoms with E-state index in [1.54, 1.807) is 18.4 Å². The highest BCUT2D eigenvalue weighted by Gasteiger charge is 2.25. The van der Waals surface area contributed by atoms with Crippen LogP contribution < -0.4 is 5.32 Å². The van der Waals surface area contributed by atoms with E-state index in [0.717, 1.165) is 36.9 Å². The van der Waals surface area contributed by atoms with Gasteiger partial charge in [-0.25, -0.2) is 4.98 Å². The van der Waals surface area contributed by atoms with Crippen molar-refractivity contribution in [2.45, 2.75) is 38.1 Å². The number of aromatic nitrogens is 1. The number of nitrogens with zero attached hydrogens (tertiary/aromatic N) is 2. The number of morpholine rings is 1. The van der Waals surface area contributed by atoms with Crippen LogP contribution in [-0.4, -0.2) is 49.8 Å². The second-order valence-corrected chi connectivity index (χ2v) is 6.75. The smallest absolute Gasteiger partial charge is 0.124 e. The summed E-state index contributed by atoms with van der Waals surface area (Å²) in [6.45, 7) is 4.21. The van der Waals surface area contributed by atoms with E-state index in [9.17, 15) is 0 Å². The van der Waals surface area contributed by atoms with E-state index in [1.165, 1.54) is 17.7 Å². The van der Waals surface area contributed by atoms with Crippen LogP contribution in [0.25, 0.3) is 0 Å². The average molecular weight is 297 g/mol. The Hall–Kier alpha value is -0.530. The zero-order chi connectivity index (χ0) is 13.9. The van der Waals surface area contributed by atoms with E-state index in [4.69, 9.17) is 14.5 Å². The number of hydrogen-bond acceptors (Lipinski definition) is 6. The Morgan fingerprint density at radius 3 is 3.05 bits per heavy atom. The summed E-state index contributed by atoms with van der Waals surface area (Å²) < 4.78 is 11.1. The number of methoxy groups -OCH3 is 1. The number of hydrogen-bond donors (Lipinski definition) is 1. The Kier molecular flexibility index (Phi) is 4.68.